The number of rotatable bonds is 7. The average molecular weight is 817 g/mol. The normalized spacial score (nSPS) is 19.1. The Labute approximate surface area is 362 Å². The number of nitrogens with zero attached hydrogens (tertiary/aromatic N) is 5. The number of imidazole rings is 2. The maximum Gasteiger partial charge on any atom is 0.376 e. The largest absolute Gasteiger partial charge is 0.437 e. The summed E-state index contributed by atoms with van der Waals surface area (Å²) in [4.78, 5) is 11.0. The number of hydrogen-bond acceptors (Lipinski definition) is 5. The van der Waals surface area contributed by atoms with Crippen LogP contribution in [0.1, 0.15) is 93.7 Å². The van der Waals surface area contributed by atoms with E-state index in [1.165, 1.54) is 68.5 Å². The van der Waals surface area contributed by atoms with Crippen LogP contribution >= 0.6 is 12.4 Å². The van der Waals surface area contributed by atoms with Gasteiger partial charge < -0.3 is 24.3 Å². The first kappa shape index (κ1) is 41.7. The Kier molecular flexibility index (Phi) is 13.0. The van der Waals surface area contributed by atoms with Crippen LogP contribution in [0.3, 0.4) is 0 Å². The first-order chi connectivity index (χ1) is 28.9. The van der Waals surface area contributed by atoms with Crippen LogP contribution in [0.2, 0.25) is 6.82 Å². The molecule has 7 nitrogen and oxygen atoms in total. The summed E-state index contributed by atoms with van der Waals surface area (Å²) in [6.45, 7) is 11.9. The molecule has 2 aliphatic heterocycles. The lowest BCUT2D eigenvalue weighted by atomic mass is 9.72. The number of aromatic nitrogens is 4. The second-order valence-electron chi connectivity index (χ2n) is 17.0. The van der Waals surface area contributed by atoms with E-state index in [4.69, 9.17) is 0 Å². The van der Waals surface area contributed by atoms with Gasteiger partial charge in [-0.2, -0.15) is 0 Å². The highest BCUT2D eigenvalue weighted by Gasteiger charge is 2.35. The Morgan fingerprint density at radius 1 is 0.600 bits per heavy atom. The van der Waals surface area contributed by atoms with Crippen molar-refractivity contribution in [2.75, 3.05) is 26.2 Å². The second-order valence-corrected chi connectivity index (χ2v) is 17.0. The minimum Gasteiger partial charge on any atom is -0.437 e. The quantitative estimate of drug-likeness (QED) is 0.157. The van der Waals surface area contributed by atoms with Crippen molar-refractivity contribution in [3.8, 4) is 0 Å². The molecule has 6 aromatic rings. The van der Waals surface area contributed by atoms with E-state index in [2.05, 4.69) is 165 Å². The maximum atomic E-state index is 10.0. The van der Waals surface area contributed by atoms with Crippen molar-refractivity contribution in [2.45, 2.75) is 71.3 Å². The van der Waals surface area contributed by atoms with E-state index in [0.29, 0.717) is 23.7 Å². The highest BCUT2D eigenvalue weighted by Crippen LogP contribution is 2.46. The molecule has 308 valence electrons. The lowest BCUT2D eigenvalue weighted by molar-refractivity contribution is 0.236. The third-order valence-corrected chi connectivity index (χ3v) is 13.6. The second kappa shape index (κ2) is 18.7. The van der Waals surface area contributed by atoms with E-state index in [-0.39, 0.29) is 19.5 Å². The van der Waals surface area contributed by atoms with Crippen molar-refractivity contribution < 1.29 is 5.02 Å². The molecule has 2 unspecified atom stereocenters. The summed E-state index contributed by atoms with van der Waals surface area (Å²) in [5, 5.41) is 13.6. The van der Waals surface area contributed by atoms with Gasteiger partial charge in [0.15, 0.2) is 0 Å². The number of aryl methyl sites for hydroxylation is 2. The Morgan fingerprint density at radius 3 is 1.45 bits per heavy atom. The van der Waals surface area contributed by atoms with E-state index in [9.17, 15) is 5.02 Å². The lowest BCUT2D eigenvalue weighted by Crippen LogP contribution is -2.44. The third kappa shape index (κ3) is 8.62. The number of benzene rings is 4. The minimum absolute atomic E-state index is 0. The molecule has 10 rings (SSSR count). The maximum absolute atomic E-state index is 10.0. The van der Waals surface area contributed by atoms with Crippen LogP contribution in [0.5, 0.6) is 0 Å². The summed E-state index contributed by atoms with van der Waals surface area (Å²) in [7, 11) is -0.360. The number of nitrogens with one attached hydrogen (secondary N) is 1. The molecular formula is C51H58BClN6O. The van der Waals surface area contributed by atoms with Gasteiger partial charge in [-0.05, 0) is 152 Å². The molecule has 9 heteroatoms. The Bertz CT molecular complexity index is 2450. The summed E-state index contributed by atoms with van der Waals surface area (Å²) >= 11 is 0. The van der Waals surface area contributed by atoms with Crippen molar-refractivity contribution in [1.82, 2.24) is 29.2 Å². The zero-order valence-electron chi connectivity index (χ0n) is 35.3. The van der Waals surface area contributed by atoms with Gasteiger partial charge >= 0.3 is 7.05 Å². The summed E-state index contributed by atoms with van der Waals surface area (Å²) in [6.07, 6.45) is 17.4. The highest BCUT2D eigenvalue weighted by molar-refractivity contribution is 6.45. The first-order valence-electron chi connectivity index (χ1n) is 21.8. The predicted octanol–water partition coefficient (Wildman–Crippen LogP) is 10.00. The first-order valence-corrected chi connectivity index (χ1v) is 21.8. The van der Waals surface area contributed by atoms with Gasteiger partial charge in [-0.15, -0.1) is 12.4 Å². The van der Waals surface area contributed by atoms with Gasteiger partial charge in [0.1, 0.15) is 11.6 Å². The zero-order valence-corrected chi connectivity index (χ0v) is 36.1. The van der Waals surface area contributed by atoms with Crippen LogP contribution in [0.4, 0.5) is 0 Å². The van der Waals surface area contributed by atoms with Crippen molar-refractivity contribution >= 4 is 42.8 Å². The predicted molar refractivity (Wildman–Crippen MR) is 250 cm³/mol. The van der Waals surface area contributed by atoms with Crippen LogP contribution in [0, 0.1) is 25.7 Å². The standard InChI is InChI=1S/C26H30BN3O.C25H27N3.ClH/c1-19-28-13-16-29(19)18-22-17-21-7-3-4-9-24(21)26(25-10-6-5-8-23(22)25)20-11-14-30(15-12-20)27(2)31;1-18-27-14-15-28(18)17-21-16-20-6-2-3-8-23(20)25(19-10-12-26-13-11-19)24-9-5-4-7-22(21)24;/h3-10,13,16-17,20,26,31H,11-12,14-15,18H2,1-2H3;2-9,14-16,19,25-26H,10-13,17H2,1H3;1H. The minimum atomic E-state index is -0.360. The van der Waals surface area contributed by atoms with Crippen molar-refractivity contribution in [2.24, 2.45) is 11.8 Å². The van der Waals surface area contributed by atoms with Gasteiger partial charge in [0, 0.05) is 49.7 Å². The van der Waals surface area contributed by atoms with E-state index in [1.54, 1.807) is 0 Å². The summed E-state index contributed by atoms with van der Waals surface area (Å²) in [5.74, 6) is 4.20. The van der Waals surface area contributed by atoms with Crippen LogP contribution < -0.4 is 5.32 Å². The SMILES string of the molecule is CB(O)N1CCC(C2c3ccccc3C=C(Cn3ccnc3C)c3ccccc32)CC1.Cc1nccn1CC1=Cc2ccccc2C(C2CCNCC2)c2ccccc21.Cl. The molecule has 4 aromatic carbocycles. The highest BCUT2D eigenvalue weighted by atomic mass is 35.5. The molecule has 4 heterocycles. The van der Waals surface area contributed by atoms with Crippen LogP contribution in [0.25, 0.3) is 23.3 Å². The fourth-order valence-corrected chi connectivity index (χ4v) is 10.4. The molecule has 2 fully saturated rings. The summed E-state index contributed by atoms with van der Waals surface area (Å²) < 4.78 is 4.47. The van der Waals surface area contributed by atoms with Crippen molar-refractivity contribution in [3.63, 3.8) is 0 Å². The number of piperidine rings is 2. The Balaban J connectivity index is 0.000000164. The van der Waals surface area contributed by atoms with Crippen molar-refractivity contribution in [3.05, 3.63) is 178 Å². The molecule has 60 heavy (non-hydrogen) atoms. The van der Waals surface area contributed by atoms with Crippen LogP contribution in [-0.4, -0.2) is 62.2 Å². The van der Waals surface area contributed by atoms with E-state index in [1.807, 2.05) is 19.2 Å². The third-order valence-electron chi connectivity index (χ3n) is 13.6. The molecule has 0 radical (unpaired) electrons. The molecule has 2 aromatic heterocycles. The Morgan fingerprint density at radius 2 is 1.02 bits per heavy atom. The molecule has 2 atom stereocenters. The average Bonchev–Trinajstić information content (AvgIpc) is 3.80. The number of halogens is 1. The number of fused-ring (bicyclic) bond motifs is 4. The zero-order chi connectivity index (χ0) is 40.3. The fraction of sp³-hybridized carbons (Fsp3) is 0.333. The molecule has 2 N–H and O–H groups in total. The van der Waals surface area contributed by atoms with Gasteiger partial charge in [0.2, 0.25) is 0 Å². The molecule has 4 aliphatic rings. The van der Waals surface area contributed by atoms with Crippen LogP contribution in [-0.2, 0) is 13.1 Å². The summed E-state index contributed by atoms with van der Waals surface area (Å²) in [6, 6.07) is 36.0. The van der Waals surface area contributed by atoms with Gasteiger partial charge in [-0.25, -0.2) is 9.97 Å². The molecule has 0 bridgehead atoms. The topological polar surface area (TPSA) is 71.1 Å². The Hall–Kier alpha value is -4.99. The monoisotopic (exact) mass is 816 g/mol. The summed E-state index contributed by atoms with van der Waals surface area (Å²) in [5.41, 5.74) is 14.0. The van der Waals surface area contributed by atoms with E-state index >= 15 is 0 Å². The van der Waals surface area contributed by atoms with Gasteiger partial charge in [-0.1, -0.05) is 97.1 Å². The molecule has 0 amide bonds. The lowest BCUT2D eigenvalue weighted by Gasteiger charge is -2.37. The fourth-order valence-electron chi connectivity index (χ4n) is 10.4. The van der Waals surface area contributed by atoms with Gasteiger partial charge in [0.25, 0.3) is 0 Å². The van der Waals surface area contributed by atoms with Gasteiger partial charge in [-0.3, -0.25) is 0 Å². The number of allylic oxidation sites excluding steroid dienone is 2. The smallest absolute Gasteiger partial charge is 0.376 e. The van der Waals surface area contributed by atoms with E-state index < -0.39 is 0 Å². The number of hydrogen-bond donors (Lipinski definition) is 2. The van der Waals surface area contributed by atoms with Crippen molar-refractivity contribution in [1.29, 1.82) is 0 Å². The molecule has 2 aliphatic carbocycles. The molecule has 2 saturated heterocycles. The molecule has 0 saturated carbocycles. The van der Waals surface area contributed by atoms with Gasteiger partial charge in [0.05, 0.1) is 0 Å². The van der Waals surface area contributed by atoms with Crippen LogP contribution in [0.15, 0.2) is 122 Å². The molecular weight excluding hydrogens is 759 g/mol. The molecule has 0 spiro atoms. The van der Waals surface area contributed by atoms with E-state index in [0.717, 1.165) is 63.8 Å².